The molecule has 2 heteroatoms. The van der Waals surface area contributed by atoms with E-state index in [0.717, 1.165) is 6.54 Å². The van der Waals surface area contributed by atoms with Crippen molar-refractivity contribution in [2.75, 3.05) is 6.54 Å². The van der Waals surface area contributed by atoms with E-state index in [-0.39, 0.29) is 0 Å². The van der Waals surface area contributed by atoms with Crippen LogP contribution in [0.15, 0.2) is 40.1 Å². The van der Waals surface area contributed by atoms with Gasteiger partial charge in [-0.2, -0.15) is 0 Å². The Kier molecular flexibility index (Phi) is 1.42. The highest BCUT2D eigenvalue weighted by atomic mass is 14.9. The Morgan fingerprint density at radius 2 is 2.46 bits per heavy atom. The fraction of sp³-hybridized carbons (Fsp3) is 0.364. The molecule has 1 aliphatic carbocycles. The number of allylic oxidation sites excluding steroid dienone is 3. The standard InChI is InChI=1S/C11H12N2/c1-2-8-3-4-10-9(5-7-12-10)11(8)13-6-1/h3-5,7,10,13H,1-2,6H2. The largest absolute Gasteiger partial charge is 0.385 e. The van der Waals surface area contributed by atoms with Crippen molar-refractivity contribution in [1.29, 1.82) is 0 Å². The molecule has 2 heterocycles. The molecule has 0 bridgehead atoms. The van der Waals surface area contributed by atoms with Crippen LogP contribution >= 0.6 is 0 Å². The maximum Gasteiger partial charge on any atom is 0.0953 e. The molecule has 2 nitrogen and oxygen atoms in total. The number of hydrogen-bond donors (Lipinski definition) is 1. The smallest absolute Gasteiger partial charge is 0.0953 e. The van der Waals surface area contributed by atoms with Gasteiger partial charge in [0.25, 0.3) is 0 Å². The predicted molar refractivity (Wildman–Crippen MR) is 53.8 cm³/mol. The Morgan fingerprint density at radius 3 is 3.46 bits per heavy atom. The highest BCUT2D eigenvalue weighted by molar-refractivity contribution is 5.79. The summed E-state index contributed by atoms with van der Waals surface area (Å²) in [5, 5.41) is 3.47. The first-order valence-electron chi connectivity index (χ1n) is 4.84. The predicted octanol–water partition coefficient (Wildman–Crippen LogP) is 1.57. The summed E-state index contributed by atoms with van der Waals surface area (Å²) in [5.74, 6) is 0. The topological polar surface area (TPSA) is 24.4 Å². The third-order valence-corrected chi connectivity index (χ3v) is 2.83. The monoisotopic (exact) mass is 172 g/mol. The first-order valence-corrected chi connectivity index (χ1v) is 4.84. The molecule has 0 aromatic heterocycles. The minimum absolute atomic E-state index is 0.296. The summed E-state index contributed by atoms with van der Waals surface area (Å²) in [4.78, 5) is 4.37. The van der Waals surface area contributed by atoms with Gasteiger partial charge in [-0.1, -0.05) is 12.2 Å². The lowest BCUT2D eigenvalue weighted by molar-refractivity contribution is 0.663. The van der Waals surface area contributed by atoms with Gasteiger partial charge in [0.2, 0.25) is 0 Å². The van der Waals surface area contributed by atoms with Gasteiger partial charge in [-0.25, -0.2) is 0 Å². The number of nitrogens with zero attached hydrogens (tertiary/aromatic N) is 1. The molecule has 0 aromatic carbocycles. The Morgan fingerprint density at radius 1 is 1.46 bits per heavy atom. The average Bonchev–Trinajstić information content (AvgIpc) is 2.65. The van der Waals surface area contributed by atoms with Crippen molar-refractivity contribution < 1.29 is 0 Å². The van der Waals surface area contributed by atoms with E-state index in [1.54, 1.807) is 0 Å². The summed E-state index contributed by atoms with van der Waals surface area (Å²) in [5.41, 5.74) is 4.16. The van der Waals surface area contributed by atoms with Gasteiger partial charge >= 0.3 is 0 Å². The van der Waals surface area contributed by atoms with E-state index >= 15 is 0 Å². The van der Waals surface area contributed by atoms with Gasteiger partial charge in [-0.3, -0.25) is 4.99 Å². The number of rotatable bonds is 0. The van der Waals surface area contributed by atoms with Crippen LogP contribution < -0.4 is 5.32 Å². The highest BCUT2D eigenvalue weighted by Gasteiger charge is 2.24. The van der Waals surface area contributed by atoms with Crippen LogP contribution in [-0.4, -0.2) is 18.8 Å². The van der Waals surface area contributed by atoms with Crippen molar-refractivity contribution in [3.8, 4) is 0 Å². The average molecular weight is 172 g/mol. The van der Waals surface area contributed by atoms with Gasteiger partial charge in [-0.05, 0) is 24.5 Å². The third kappa shape index (κ3) is 0.981. The summed E-state index contributed by atoms with van der Waals surface area (Å²) in [7, 11) is 0. The first-order chi connectivity index (χ1) is 6.45. The van der Waals surface area contributed by atoms with Gasteiger partial charge in [-0.15, -0.1) is 0 Å². The van der Waals surface area contributed by atoms with Crippen LogP contribution in [0.1, 0.15) is 12.8 Å². The van der Waals surface area contributed by atoms with Crippen molar-refractivity contribution in [2.24, 2.45) is 4.99 Å². The summed E-state index contributed by atoms with van der Waals surface area (Å²) in [6.07, 6.45) is 10.9. The molecule has 1 unspecified atom stereocenters. The van der Waals surface area contributed by atoms with Crippen molar-refractivity contribution >= 4 is 6.21 Å². The summed E-state index contributed by atoms with van der Waals surface area (Å²) in [6.45, 7) is 1.11. The van der Waals surface area contributed by atoms with E-state index in [1.165, 1.54) is 29.7 Å². The van der Waals surface area contributed by atoms with Crippen molar-refractivity contribution in [1.82, 2.24) is 5.32 Å². The number of hydrogen-bond acceptors (Lipinski definition) is 2. The molecule has 2 aliphatic heterocycles. The molecule has 1 N–H and O–H groups in total. The van der Waals surface area contributed by atoms with Crippen LogP contribution in [0, 0.1) is 0 Å². The molecule has 66 valence electrons. The van der Waals surface area contributed by atoms with Gasteiger partial charge < -0.3 is 5.32 Å². The molecule has 0 saturated heterocycles. The molecule has 0 spiro atoms. The molecule has 0 aromatic rings. The zero-order valence-electron chi connectivity index (χ0n) is 7.46. The molecule has 0 amide bonds. The van der Waals surface area contributed by atoms with Crippen molar-refractivity contribution in [2.45, 2.75) is 18.9 Å². The van der Waals surface area contributed by atoms with E-state index in [9.17, 15) is 0 Å². The molecule has 13 heavy (non-hydrogen) atoms. The van der Waals surface area contributed by atoms with E-state index in [2.05, 4.69) is 28.5 Å². The SMILES string of the molecule is C1=CC2N=CC=C2C2=C1CCCN2. The lowest BCUT2D eigenvalue weighted by Gasteiger charge is -2.26. The molecular formula is C11H12N2. The number of aliphatic imine (C=N–C) groups is 1. The van der Waals surface area contributed by atoms with Crippen molar-refractivity contribution in [3.05, 3.63) is 35.1 Å². The fourth-order valence-corrected chi connectivity index (χ4v) is 2.17. The van der Waals surface area contributed by atoms with Crippen LogP contribution in [0.3, 0.4) is 0 Å². The Labute approximate surface area is 77.7 Å². The van der Waals surface area contributed by atoms with Gasteiger partial charge in [0.15, 0.2) is 0 Å². The van der Waals surface area contributed by atoms with E-state index in [4.69, 9.17) is 0 Å². The van der Waals surface area contributed by atoms with E-state index < -0.39 is 0 Å². The van der Waals surface area contributed by atoms with E-state index in [0.29, 0.717) is 6.04 Å². The quantitative estimate of drug-likeness (QED) is 0.589. The maximum absolute atomic E-state index is 4.37. The zero-order valence-corrected chi connectivity index (χ0v) is 7.46. The molecule has 1 atom stereocenters. The van der Waals surface area contributed by atoms with Crippen molar-refractivity contribution in [3.63, 3.8) is 0 Å². The van der Waals surface area contributed by atoms with Crippen LogP contribution in [0.4, 0.5) is 0 Å². The Balaban J connectivity index is 2.07. The maximum atomic E-state index is 4.37. The molecule has 0 radical (unpaired) electrons. The molecule has 3 rings (SSSR count). The second-order valence-corrected chi connectivity index (χ2v) is 3.65. The number of nitrogens with one attached hydrogen (secondary N) is 1. The molecule has 0 saturated carbocycles. The molecule has 3 aliphatic rings. The van der Waals surface area contributed by atoms with Crippen LogP contribution in [-0.2, 0) is 0 Å². The first kappa shape index (κ1) is 7.13. The van der Waals surface area contributed by atoms with Crippen LogP contribution in [0.2, 0.25) is 0 Å². The molecule has 0 fully saturated rings. The van der Waals surface area contributed by atoms with E-state index in [1.807, 2.05) is 6.21 Å². The van der Waals surface area contributed by atoms with Gasteiger partial charge in [0.05, 0.1) is 6.04 Å². The second kappa shape index (κ2) is 2.59. The van der Waals surface area contributed by atoms with Crippen LogP contribution in [0.5, 0.6) is 0 Å². The Hall–Kier alpha value is -1.31. The zero-order chi connectivity index (χ0) is 8.67. The molecular weight excluding hydrogens is 160 g/mol. The van der Waals surface area contributed by atoms with Gasteiger partial charge in [0, 0.05) is 24.0 Å². The lowest BCUT2D eigenvalue weighted by Crippen LogP contribution is -2.27. The number of fused-ring (bicyclic) bond motifs is 2. The second-order valence-electron chi connectivity index (χ2n) is 3.65. The normalized spacial score (nSPS) is 29.5. The Bertz CT molecular complexity index is 358. The summed E-state index contributed by atoms with van der Waals surface area (Å²) in [6, 6.07) is 0.296. The minimum Gasteiger partial charge on any atom is -0.385 e. The minimum atomic E-state index is 0.296. The third-order valence-electron chi connectivity index (χ3n) is 2.83. The summed E-state index contributed by atoms with van der Waals surface area (Å²) < 4.78 is 0. The lowest BCUT2D eigenvalue weighted by atomic mass is 9.90. The fourth-order valence-electron chi connectivity index (χ4n) is 2.17. The highest BCUT2D eigenvalue weighted by Crippen LogP contribution is 2.31. The summed E-state index contributed by atoms with van der Waals surface area (Å²) >= 11 is 0. The van der Waals surface area contributed by atoms with Gasteiger partial charge in [0.1, 0.15) is 0 Å². The van der Waals surface area contributed by atoms with Crippen LogP contribution in [0.25, 0.3) is 0 Å².